The van der Waals surface area contributed by atoms with Gasteiger partial charge in [-0.2, -0.15) is 0 Å². The summed E-state index contributed by atoms with van der Waals surface area (Å²) < 4.78 is 0. The van der Waals surface area contributed by atoms with Crippen molar-refractivity contribution in [2.75, 3.05) is 18.4 Å². The fourth-order valence-electron chi connectivity index (χ4n) is 2.94. The number of nitrogens with one attached hydrogen (secondary N) is 2. The summed E-state index contributed by atoms with van der Waals surface area (Å²) in [5, 5.41) is 7.87. The maximum atomic E-state index is 12.2. The molecule has 4 rings (SSSR count). The van der Waals surface area contributed by atoms with Crippen molar-refractivity contribution in [2.24, 2.45) is 0 Å². The van der Waals surface area contributed by atoms with Crippen molar-refractivity contribution < 1.29 is 4.79 Å². The molecule has 1 aliphatic rings. The first-order chi connectivity index (χ1) is 13.1. The molecule has 1 aromatic heterocycles. The molecule has 6 heteroatoms. The molecule has 27 heavy (non-hydrogen) atoms. The number of rotatable bonds is 6. The van der Waals surface area contributed by atoms with E-state index in [4.69, 9.17) is 16.6 Å². The fraction of sp³-hybridized carbons (Fsp3) is 0.286. The van der Waals surface area contributed by atoms with E-state index in [2.05, 4.69) is 15.6 Å². The first-order valence-corrected chi connectivity index (χ1v) is 9.54. The molecule has 0 atom stereocenters. The number of benzene rings is 2. The minimum atomic E-state index is -0.0743. The summed E-state index contributed by atoms with van der Waals surface area (Å²) in [5.74, 6) is 2.05. The van der Waals surface area contributed by atoms with Gasteiger partial charge in [0, 0.05) is 35.0 Å². The van der Waals surface area contributed by atoms with Crippen LogP contribution in [0.3, 0.4) is 0 Å². The topological polar surface area (TPSA) is 66.9 Å². The number of hydrogen-bond acceptors (Lipinski definition) is 4. The molecular weight excluding hydrogens is 360 g/mol. The summed E-state index contributed by atoms with van der Waals surface area (Å²) in [4.78, 5) is 21.5. The molecule has 1 aliphatic carbocycles. The van der Waals surface area contributed by atoms with Crippen LogP contribution in [0.25, 0.3) is 10.9 Å². The Labute approximate surface area is 163 Å². The molecule has 0 aliphatic heterocycles. The van der Waals surface area contributed by atoms with E-state index in [9.17, 15) is 4.79 Å². The van der Waals surface area contributed by atoms with Crippen LogP contribution >= 0.6 is 11.6 Å². The fourth-order valence-corrected chi connectivity index (χ4v) is 3.11. The summed E-state index contributed by atoms with van der Waals surface area (Å²) in [6.45, 7) is 3.09. The molecule has 1 saturated carbocycles. The first-order valence-electron chi connectivity index (χ1n) is 9.16. The Kier molecular flexibility index (Phi) is 4.94. The van der Waals surface area contributed by atoms with Gasteiger partial charge in [0.15, 0.2) is 0 Å². The second-order valence-electron chi connectivity index (χ2n) is 6.91. The average molecular weight is 381 g/mol. The number of anilines is 1. The number of halogens is 1. The van der Waals surface area contributed by atoms with Crippen LogP contribution in [0.2, 0.25) is 5.02 Å². The van der Waals surface area contributed by atoms with Crippen LogP contribution in [0.1, 0.15) is 40.5 Å². The highest BCUT2D eigenvalue weighted by Crippen LogP contribution is 2.39. The van der Waals surface area contributed by atoms with Crippen molar-refractivity contribution in [1.29, 1.82) is 0 Å². The molecule has 0 bridgehead atoms. The van der Waals surface area contributed by atoms with Crippen molar-refractivity contribution >= 4 is 34.2 Å². The molecule has 3 aromatic rings. The summed E-state index contributed by atoms with van der Waals surface area (Å²) in [7, 11) is 0. The lowest BCUT2D eigenvalue weighted by atomic mass is 10.1. The molecule has 1 heterocycles. The molecule has 1 amide bonds. The number of hydrogen-bond donors (Lipinski definition) is 2. The van der Waals surface area contributed by atoms with Crippen molar-refractivity contribution in [3.8, 4) is 0 Å². The molecule has 0 spiro atoms. The lowest BCUT2D eigenvalue weighted by Gasteiger charge is -2.11. The van der Waals surface area contributed by atoms with E-state index in [0.29, 0.717) is 29.6 Å². The summed E-state index contributed by atoms with van der Waals surface area (Å²) in [5.41, 5.74) is 2.65. The lowest BCUT2D eigenvalue weighted by molar-refractivity contribution is 0.0955. The predicted molar refractivity (Wildman–Crippen MR) is 109 cm³/mol. The Hall–Kier alpha value is -2.66. The number of amides is 1. The van der Waals surface area contributed by atoms with Gasteiger partial charge in [0.05, 0.1) is 5.52 Å². The van der Waals surface area contributed by atoms with Gasteiger partial charge in [0.25, 0.3) is 5.91 Å². The van der Waals surface area contributed by atoms with Crippen molar-refractivity contribution in [3.05, 3.63) is 64.4 Å². The summed E-state index contributed by atoms with van der Waals surface area (Å²) >= 11 is 6.12. The van der Waals surface area contributed by atoms with E-state index in [1.165, 1.54) is 0 Å². The predicted octanol–water partition coefficient (Wildman–Crippen LogP) is 4.31. The third-order valence-electron chi connectivity index (χ3n) is 4.64. The number of aromatic nitrogens is 2. The van der Waals surface area contributed by atoms with Crippen LogP contribution in [-0.2, 0) is 0 Å². The van der Waals surface area contributed by atoms with Crippen molar-refractivity contribution in [1.82, 2.24) is 15.3 Å². The normalized spacial score (nSPS) is 13.6. The summed E-state index contributed by atoms with van der Waals surface area (Å²) in [6, 6.07) is 13.2. The number of carbonyl (C=O) groups excluding carboxylic acids is 1. The van der Waals surface area contributed by atoms with Crippen LogP contribution in [0.15, 0.2) is 42.5 Å². The van der Waals surface area contributed by atoms with E-state index in [1.807, 2.05) is 49.4 Å². The lowest BCUT2D eigenvalue weighted by Crippen LogP contribution is -2.29. The third-order valence-corrected chi connectivity index (χ3v) is 4.87. The molecule has 2 N–H and O–H groups in total. The first kappa shape index (κ1) is 17.7. The molecule has 138 valence electrons. The number of aryl methyl sites for hydroxylation is 1. The monoisotopic (exact) mass is 380 g/mol. The van der Waals surface area contributed by atoms with Crippen LogP contribution in [0.4, 0.5) is 5.82 Å². The highest BCUT2D eigenvalue weighted by atomic mass is 35.5. The van der Waals surface area contributed by atoms with Gasteiger partial charge in [-0.05, 0) is 50.1 Å². The Morgan fingerprint density at radius 3 is 2.63 bits per heavy atom. The standard InChI is InChI=1S/C21H21ClN4O/c1-13-2-4-15(5-3-13)21(27)24-11-10-23-20-17-9-8-16(22)12-18(17)25-19(26-20)14-6-7-14/h2-5,8-9,12,14H,6-7,10-11H2,1H3,(H,24,27)(H,23,25,26). The van der Waals surface area contributed by atoms with E-state index in [-0.39, 0.29) is 5.91 Å². The number of fused-ring (bicyclic) bond motifs is 1. The van der Waals surface area contributed by atoms with Gasteiger partial charge in [-0.25, -0.2) is 9.97 Å². The van der Waals surface area contributed by atoms with E-state index in [0.717, 1.165) is 41.0 Å². The van der Waals surface area contributed by atoms with Crippen LogP contribution in [-0.4, -0.2) is 29.0 Å². The van der Waals surface area contributed by atoms with Crippen LogP contribution in [0, 0.1) is 6.92 Å². The van der Waals surface area contributed by atoms with Crippen LogP contribution in [0.5, 0.6) is 0 Å². The molecule has 0 saturated heterocycles. The van der Waals surface area contributed by atoms with Gasteiger partial charge in [-0.15, -0.1) is 0 Å². The molecule has 0 radical (unpaired) electrons. The minimum Gasteiger partial charge on any atom is -0.368 e. The van der Waals surface area contributed by atoms with Crippen LogP contribution < -0.4 is 10.6 Å². The van der Waals surface area contributed by atoms with Crippen molar-refractivity contribution in [2.45, 2.75) is 25.7 Å². The second kappa shape index (κ2) is 7.53. The van der Waals surface area contributed by atoms with E-state index < -0.39 is 0 Å². The zero-order valence-corrected chi connectivity index (χ0v) is 15.9. The van der Waals surface area contributed by atoms with Crippen molar-refractivity contribution in [3.63, 3.8) is 0 Å². The SMILES string of the molecule is Cc1ccc(C(=O)NCCNc2nc(C3CC3)nc3cc(Cl)ccc23)cc1. The van der Waals surface area contributed by atoms with E-state index in [1.54, 1.807) is 0 Å². The number of carbonyl (C=O) groups is 1. The Morgan fingerprint density at radius 2 is 1.89 bits per heavy atom. The molecular formula is C21H21ClN4O. The molecule has 5 nitrogen and oxygen atoms in total. The smallest absolute Gasteiger partial charge is 0.251 e. The highest BCUT2D eigenvalue weighted by Gasteiger charge is 2.27. The average Bonchev–Trinajstić information content (AvgIpc) is 3.50. The zero-order chi connectivity index (χ0) is 18.8. The molecule has 1 fully saturated rings. The zero-order valence-electron chi connectivity index (χ0n) is 15.1. The quantitative estimate of drug-likeness (QED) is 0.625. The maximum Gasteiger partial charge on any atom is 0.251 e. The van der Waals surface area contributed by atoms with Gasteiger partial charge in [-0.3, -0.25) is 4.79 Å². The Bertz CT molecular complexity index is 983. The Balaban J connectivity index is 1.42. The number of nitrogens with zero attached hydrogens (tertiary/aromatic N) is 2. The van der Waals surface area contributed by atoms with E-state index >= 15 is 0 Å². The Morgan fingerprint density at radius 1 is 1.11 bits per heavy atom. The third kappa shape index (κ3) is 4.19. The van der Waals surface area contributed by atoms with Gasteiger partial charge in [0.2, 0.25) is 0 Å². The molecule has 2 aromatic carbocycles. The summed E-state index contributed by atoms with van der Waals surface area (Å²) in [6.07, 6.45) is 2.27. The largest absolute Gasteiger partial charge is 0.368 e. The van der Waals surface area contributed by atoms with Gasteiger partial charge in [-0.1, -0.05) is 29.3 Å². The second-order valence-corrected chi connectivity index (χ2v) is 7.35. The van der Waals surface area contributed by atoms with Gasteiger partial charge < -0.3 is 10.6 Å². The highest BCUT2D eigenvalue weighted by molar-refractivity contribution is 6.31. The minimum absolute atomic E-state index is 0.0743. The van der Waals surface area contributed by atoms with Gasteiger partial charge >= 0.3 is 0 Å². The van der Waals surface area contributed by atoms with Gasteiger partial charge in [0.1, 0.15) is 11.6 Å². The molecule has 0 unspecified atom stereocenters. The maximum absolute atomic E-state index is 12.2.